The van der Waals surface area contributed by atoms with Gasteiger partial charge in [-0.2, -0.15) is 5.10 Å². The van der Waals surface area contributed by atoms with Crippen molar-refractivity contribution < 1.29 is 4.79 Å². The highest BCUT2D eigenvalue weighted by Gasteiger charge is 2.17. The monoisotopic (exact) mass is 337 g/mol. The summed E-state index contributed by atoms with van der Waals surface area (Å²) >= 11 is 8.78. The zero-order chi connectivity index (χ0) is 14.7. The van der Waals surface area contributed by atoms with Crippen molar-refractivity contribution in [3.63, 3.8) is 0 Å². The molecule has 0 saturated heterocycles. The van der Waals surface area contributed by atoms with Crippen molar-refractivity contribution in [2.45, 2.75) is 6.04 Å². The quantitative estimate of drug-likeness (QED) is 0.772. The molecule has 1 N–H and O–H groups in total. The van der Waals surface area contributed by atoms with E-state index in [9.17, 15) is 4.79 Å². The number of nitrogens with one attached hydrogen (secondary N) is 1. The fourth-order valence-electron chi connectivity index (χ4n) is 1.98. The highest BCUT2D eigenvalue weighted by Crippen LogP contribution is 2.23. The fraction of sp³-hybridized carbons (Fsp3) is 0.143. The molecule has 3 rings (SSSR count). The number of carbonyl (C=O) groups excluding carboxylic acids is 1. The number of nitrogens with zero attached hydrogens (tertiary/aromatic N) is 2. The molecule has 0 bridgehead atoms. The molecule has 0 saturated carbocycles. The smallest absolute Gasteiger partial charge is 0.261 e. The topological polar surface area (TPSA) is 46.9 Å². The van der Waals surface area contributed by atoms with Crippen LogP contribution in [0.15, 0.2) is 48.1 Å². The summed E-state index contributed by atoms with van der Waals surface area (Å²) in [6.07, 6.45) is 3.64. The van der Waals surface area contributed by atoms with E-state index in [0.29, 0.717) is 15.8 Å². The Balaban J connectivity index is 1.72. The van der Waals surface area contributed by atoms with E-state index in [1.54, 1.807) is 29.7 Å². The Morgan fingerprint density at radius 2 is 2.29 bits per heavy atom. The summed E-state index contributed by atoms with van der Waals surface area (Å²) in [6.45, 7) is 0.483. The molecule has 0 aliphatic rings. The second-order valence-corrected chi connectivity index (χ2v) is 7.03. The molecular weight excluding hydrogens is 326 g/mol. The first-order valence-electron chi connectivity index (χ1n) is 6.30. The van der Waals surface area contributed by atoms with Gasteiger partial charge in [-0.1, -0.05) is 17.7 Å². The van der Waals surface area contributed by atoms with Crippen molar-refractivity contribution in [3.05, 3.63) is 62.2 Å². The molecule has 0 fully saturated rings. The summed E-state index contributed by atoms with van der Waals surface area (Å²) in [5.41, 5.74) is 0. The summed E-state index contributed by atoms with van der Waals surface area (Å²) in [5.74, 6) is -0.111. The van der Waals surface area contributed by atoms with Crippen LogP contribution >= 0.6 is 34.3 Å². The lowest BCUT2D eigenvalue weighted by Crippen LogP contribution is -2.30. The first-order chi connectivity index (χ1) is 10.2. The maximum atomic E-state index is 12.1. The Labute approximate surface area is 135 Å². The molecule has 0 aliphatic carbocycles. The average Bonchev–Trinajstić information content (AvgIpc) is 3.21. The molecule has 3 heterocycles. The fourth-order valence-corrected chi connectivity index (χ4v) is 3.76. The Morgan fingerprint density at radius 1 is 1.38 bits per heavy atom. The van der Waals surface area contributed by atoms with Gasteiger partial charge >= 0.3 is 0 Å². The molecule has 0 aromatic carbocycles. The molecule has 21 heavy (non-hydrogen) atoms. The van der Waals surface area contributed by atoms with E-state index in [0.717, 1.165) is 4.88 Å². The molecule has 1 atom stereocenters. The highest BCUT2D eigenvalue weighted by atomic mass is 35.5. The van der Waals surface area contributed by atoms with Gasteiger partial charge in [0.25, 0.3) is 5.91 Å². The third-order valence-corrected chi connectivity index (χ3v) is 5.17. The molecule has 0 spiro atoms. The molecule has 0 radical (unpaired) electrons. The Hall–Kier alpha value is -1.63. The highest BCUT2D eigenvalue weighted by molar-refractivity contribution is 7.18. The predicted molar refractivity (Wildman–Crippen MR) is 86.3 cm³/mol. The van der Waals surface area contributed by atoms with E-state index in [2.05, 4.69) is 10.4 Å². The van der Waals surface area contributed by atoms with Crippen LogP contribution in [0.25, 0.3) is 0 Å². The second-order valence-electron chi connectivity index (χ2n) is 4.33. The number of carbonyl (C=O) groups is 1. The van der Waals surface area contributed by atoms with Gasteiger partial charge in [-0.25, -0.2) is 0 Å². The van der Waals surface area contributed by atoms with E-state index in [1.165, 1.54) is 11.3 Å². The first kappa shape index (κ1) is 14.3. The average molecular weight is 338 g/mol. The third kappa shape index (κ3) is 3.34. The number of thiophene rings is 2. The molecule has 3 aromatic heterocycles. The Bertz CT molecular complexity index is 672. The van der Waals surface area contributed by atoms with Crippen molar-refractivity contribution in [2.24, 2.45) is 0 Å². The molecular formula is C14H12ClN3OS2. The van der Waals surface area contributed by atoms with Gasteiger partial charge in [0.1, 0.15) is 6.04 Å². The van der Waals surface area contributed by atoms with Gasteiger partial charge in [-0.05, 0) is 29.6 Å². The van der Waals surface area contributed by atoms with Crippen LogP contribution < -0.4 is 5.32 Å². The van der Waals surface area contributed by atoms with Crippen molar-refractivity contribution >= 4 is 40.2 Å². The molecule has 7 heteroatoms. The SMILES string of the molecule is O=C(NC[C@@H](c1cccs1)n1cccn1)c1ccc(Cl)s1. The van der Waals surface area contributed by atoms with Crippen LogP contribution in [0, 0.1) is 0 Å². The second kappa shape index (κ2) is 6.43. The maximum Gasteiger partial charge on any atom is 0.261 e. The molecule has 0 aliphatic heterocycles. The van der Waals surface area contributed by atoms with Gasteiger partial charge in [-0.15, -0.1) is 22.7 Å². The van der Waals surface area contributed by atoms with Crippen LogP contribution in [0.3, 0.4) is 0 Å². The maximum absolute atomic E-state index is 12.1. The van der Waals surface area contributed by atoms with Crippen LogP contribution in [0.1, 0.15) is 20.6 Å². The molecule has 0 unspecified atom stereocenters. The van der Waals surface area contributed by atoms with E-state index in [4.69, 9.17) is 11.6 Å². The zero-order valence-electron chi connectivity index (χ0n) is 10.9. The summed E-state index contributed by atoms with van der Waals surface area (Å²) in [4.78, 5) is 13.9. The van der Waals surface area contributed by atoms with Gasteiger partial charge in [0.15, 0.2) is 0 Å². The number of aromatic nitrogens is 2. The van der Waals surface area contributed by atoms with Crippen LogP contribution in [-0.4, -0.2) is 22.2 Å². The lowest BCUT2D eigenvalue weighted by molar-refractivity contribution is 0.0953. The van der Waals surface area contributed by atoms with Crippen LogP contribution in [0.2, 0.25) is 4.34 Å². The summed E-state index contributed by atoms with van der Waals surface area (Å²) in [6, 6.07) is 9.38. The van der Waals surface area contributed by atoms with Gasteiger partial charge in [0.05, 0.1) is 9.21 Å². The summed E-state index contributed by atoms with van der Waals surface area (Å²) in [7, 11) is 0. The van der Waals surface area contributed by atoms with Crippen molar-refractivity contribution in [1.82, 2.24) is 15.1 Å². The Morgan fingerprint density at radius 3 is 2.90 bits per heavy atom. The largest absolute Gasteiger partial charge is 0.349 e. The number of amides is 1. The van der Waals surface area contributed by atoms with E-state index in [-0.39, 0.29) is 11.9 Å². The standard InChI is InChI=1S/C14H12ClN3OS2/c15-13-5-4-12(21-13)14(19)16-9-10(11-3-1-8-20-11)18-7-2-6-17-18/h1-8,10H,9H2,(H,16,19)/t10-/m0/s1. The first-order valence-corrected chi connectivity index (χ1v) is 8.37. The summed E-state index contributed by atoms with van der Waals surface area (Å²) in [5, 5.41) is 9.25. The minimum absolute atomic E-state index is 0.000570. The van der Waals surface area contributed by atoms with Gasteiger partial charge in [0, 0.05) is 23.8 Å². The minimum atomic E-state index is -0.111. The number of rotatable bonds is 5. The van der Waals surface area contributed by atoms with Crippen LogP contribution in [-0.2, 0) is 0 Å². The lowest BCUT2D eigenvalue weighted by Gasteiger charge is -2.16. The van der Waals surface area contributed by atoms with Crippen molar-refractivity contribution in [3.8, 4) is 0 Å². The minimum Gasteiger partial charge on any atom is -0.349 e. The van der Waals surface area contributed by atoms with Gasteiger partial charge in [0.2, 0.25) is 0 Å². The van der Waals surface area contributed by atoms with Crippen molar-refractivity contribution in [1.29, 1.82) is 0 Å². The molecule has 4 nitrogen and oxygen atoms in total. The van der Waals surface area contributed by atoms with Crippen LogP contribution in [0.4, 0.5) is 0 Å². The third-order valence-electron chi connectivity index (χ3n) is 2.97. The molecule has 3 aromatic rings. The molecule has 1 amide bonds. The van der Waals surface area contributed by atoms with E-state index in [1.807, 2.05) is 34.5 Å². The lowest BCUT2D eigenvalue weighted by atomic mass is 10.2. The number of hydrogen-bond donors (Lipinski definition) is 1. The zero-order valence-corrected chi connectivity index (χ0v) is 13.3. The Kier molecular flexibility index (Phi) is 4.38. The van der Waals surface area contributed by atoms with Gasteiger partial charge in [-0.3, -0.25) is 9.48 Å². The number of hydrogen-bond acceptors (Lipinski definition) is 4. The number of halogens is 1. The van der Waals surface area contributed by atoms with Crippen molar-refractivity contribution in [2.75, 3.05) is 6.54 Å². The normalized spacial score (nSPS) is 12.2. The van der Waals surface area contributed by atoms with E-state index < -0.39 is 0 Å². The van der Waals surface area contributed by atoms with Gasteiger partial charge < -0.3 is 5.32 Å². The van der Waals surface area contributed by atoms with E-state index >= 15 is 0 Å². The predicted octanol–water partition coefficient (Wildman–Crippen LogP) is 3.68. The van der Waals surface area contributed by atoms with Crippen LogP contribution in [0.5, 0.6) is 0 Å². The summed E-state index contributed by atoms with van der Waals surface area (Å²) < 4.78 is 2.47. The molecule has 108 valence electrons.